The van der Waals surface area contributed by atoms with Crippen molar-refractivity contribution in [3.05, 3.63) is 29.8 Å². The van der Waals surface area contributed by atoms with Gasteiger partial charge in [0.25, 0.3) is 0 Å². The molecule has 156 valence electrons. The Labute approximate surface area is 173 Å². The minimum Gasteiger partial charge on any atom is -0.326 e. The van der Waals surface area contributed by atoms with E-state index in [1.807, 2.05) is 23.9 Å². The van der Waals surface area contributed by atoms with Gasteiger partial charge in [-0.25, -0.2) is 12.7 Å². The first-order valence-corrected chi connectivity index (χ1v) is 13.1. The van der Waals surface area contributed by atoms with E-state index in [0.717, 1.165) is 16.7 Å². The van der Waals surface area contributed by atoms with Gasteiger partial charge in [0.05, 0.1) is 5.75 Å². The Morgan fingerprint density at radius 1 is 1.14 bits per heavy atom. The zero-order valence-corrected chi connectivity index (χ0v) is 18.4. The average Bonchev–Trinajstić information content (AvgIpc) is 2.73. The number of carbonyl (C=O) groups excluding carboxylic acids is 1. The van der Waals surface area contributed by atoms with Crippen molar-refractivity contribution >= 4 is 33.4 Å². The Hall–Kier alpha value is -1.05. The zero-order valence-electron chi connectivity index (χ0n) is 16.7. The molecule has 1 saturated carbocycles. The Bertz CT molecular complexity index is 753. The molecule has 28 heavy (non-hydrogen) atoms. The van der Waals surface area contributed by atoms with Gasteiger partial charge in [-0.15, -0.1) is 0 Å². The lowest BCUT2D eigenvalue weighted by Crippen LogP contribution is -2.42. The van der Waals surface area contributed by atoms with Crippen molar-refractivity contribution < 1.29 is 13.2 Å². The molecule has 1 aromatic rings. The third kappa shape index (κ3) is 5.97. The fraction of sp³-hybridized carbons (Fsp3) is 0.667. The molecule has 0 spiro atoms. The minimum atomic E-state index is -3.15. The molecular formula is C21H32N2O3S2. The third-order valence-electron chi connectivity index (χ3n) is 5.82. The molecular weight excluding hydrogens is 392 g/mol. The van der Waals surface area contributed by atoms with Gasteiger partial charge in [0.15, 0.2) is 0 Å². The van der Waals surface area contributed by atoms with Gasteiger partial charge in [-0.05, 0) is 50.3 Å². The van der Waals surface area contributed by atoms with Crippen LogP contribution in [0.25, 0.3) is 0 Å². The number of thioether (sulfide) groups is 1. The van der Waals surface area contributed by atoms with E-state index in [1.165, 1.54) is 42.0 Å². The summed E-state index contributed by atoms with van der Waals surface area (Å²) in [5.74, 6) is 0.992. The molecule has 1 heterocycles. The van der Waals surface area contributed by atoms with E-state index in [0.29, 0.717) is 25.9 Å². The van der Waals surface area contributed by atoms with Gasteiger partial charge in [0.1, 0.15) is 0 Å². The van der Waals surface area contributed by atoms with Gasteiger partial charge in [-0.1, -0.05) is 31.4 Å². The summed E-state index contributed by atoms with van der Waals surface area (Å²) >= 11 is 2.04. The number of hydrogen-bond acceptors (Lipinski definition) is 4. The Balaban J connectivity index is 1.49. The molecule has 1 amide bonds. The summed E-state index contributed by atoms with van der Waals surface area (Å²) in [5, 5.41) is 3.82. The van der Waals surface area contributed by atoms with Crippen molar-refractivity contribution in [2.45, 2.75) is 62.9 Å². The van der Waals surface area contributed by atoms with Crippen LogP contribution < -0.4 is 5.32 Å². The summed E-state index contributed by atoms with van der Waals surface area (Å²) in [7, 11) is -3.15. The van der Waals surface area contributed by atoms with Crippen LogP contribution in [0.1, 0.15) is 57.4 Å². The normalized spacial score (nSPS) is 20.2. The molecule has 0 unspecified atom stereocenters. The van der Waals surface area contributed by atoms with Crippen molar-refractivity contribution in [1.82, 2.24) is 4.31 Å². The maximum atomic E-state index is 12.6. The van der Waals surface area contributed by atoms with Crippen LogP contribution in [0.5, 0.6) is 0 Å². The molecule has 0 bridgehead atoms. The summed E-state index contributed by atoms with van der Waals surface area (Å²) in [6, 6.07) is 8.14. The number of benzene rings is 1. The molecule has 0 radical (unpaired) electrons. The van der Waals surface area contributed by atoms with Crippen LogP contribution in [-0.4, -0.2) is 42.7 Å². The van der Waals surface area contributed by atoms with Crippen molar-refractivity contribution in [2.75, 3.05) is 24.2 Å². The molecule has 2 fully saturated rings. The number of amides is 1. The number of nitrogens with zero attached hydrogens (tertiary/aromatic N) is 1. The second-order valence-electron chi connectivity index (χ2n) is 7.83. The van der Waals surface area contributed by atoms with Crippen LogP contribution in [0.3, 0.4) is 0 Å². The number of anilines is 1. The second-order valence-corrected chi connectivity index (χ2v) is 11.4. The number of sulfonamides is 1. The summed E-state index contributed by atoms with van der Waals surface area (Å²) in [4.78, 5) is 12.6. The fourth-order valence-corrected chi connectivity index (χ4v) is 6.41. The van der Waals surface area contributed by atoms with Crippen LogP contribution in [0, 0.1) is 5.92 Å². The summed E-state index contributed by atoms with van der Waals surface area (Å²) in [6.07, 6.45) is 7.91. The van der Waals surface area contributed by atoms with Crippen LogP contribution in [0.4, 0.5) is 5.69 Å². The number of nitrogens with one attached hydrogen (secondary N) is 1. The van der Waals surface area contributed by atoms with Gasteiger partial charge in [0.2, 0.25) is 15.9 Å². The second kappa shape index (κ2) is 10.1. The maximum absolute atomic E-state index is 12.6. The highest BCUT2D eigenvalue weighted by Gasteiger charge is 2.30. The summed E-state index contributed by atoms with van der Waals surface area (Å²) < 4.78 is 25.4. The van der Waals surface area contributed by atoms with E-state index in [1.54, 1.807) is 6.92 Å². The number of rotatable bonds is 7. The van der Waals surface area contributed by atoms with Crippen LogP contribution >= 0.6 is 11.8 Å². The first-order chi connectivity index (χ1) is 13.5. The summed E-state index contributed by atoms with van der Waals surface area (Å²) in [5.41, 5.74) is 2.09. The molecule has 2 aliphatic rings. The fourth-order valence-electron chi connectivity index (χ4n) is 4.01. The Morgan fingerprint density at radius 3 is 2.54 bits per heavy atom. The lowest BCUT2D eigenvalue weighted by Gasteiger charge is -2.30. The number of hydrogen-bond donors (Lipinski definition) is 1. The van der Waals surface area contributed by atoms with E-state index in [2.05, 4.69) is 17.4 Å². The zero-order chi connectivity index (χ0) is 20.0. The lowest BCUT2D eigenvalue weighted by molar-refractivity contribution is -0.120. The minimum absolute atomic E-state index is 0.00521. The largest absolute Gasteiger partial charge is 0.326 e. The topological polar surface area (TPSA) is 66.5 Å². The summed E-state index contributed by atoms with van der Waals surface area (Å²) in [6.45, 7) is 2.53. The average molecular weight is 425 g/mol. The molecule has 5 nitrogen and oxygen atoms in total. The van der Waals surface area contributed by atoms with Gasteiger partial charge in [-0.2, -0.15) is 11.8 Å². The molecule has 1 saturated heterocycles. The third-order valence-corrected chi connectivity index (χ3v) is 9.14. The van der Waals surface area contributed by atoms with Crippen LogP contribution in [0.15, 0.2) is 24.3 Å². The molecule has 0 atom stereocenters. The highest BCUT2D eigenvalue weighted by atomic mass is 32.2. The van der Waals surface area contributed by atoms with E-state index in [-0.39, 0.29) is 17.6 Å². The molecule has 3 rings (SSSR count). The Kier molecular flexibility index (Phi) is 7.83. The SMILES string of the molecule is CCS(=O)(=O)N1CCC(C(=O)Nc2cccc(CSC3CCCCC3)c2)CC1. The van der Waals surface area contributed by atoms with E-state index in [9.17, 15) is 13.2 Å². The molecule has 0 aromatic heterocycles. The van der Waals surface area contributed by atoms with Gasteiger partial charge >= 0.3 is 0 Å². The first kappa shape index (κ1) is 21.7. The smallest absolute Gasteiger partial charge is 0.227 e. The highest BCUT2D eigenvalue weighted by Crippen LogP contribution is 2.31. The predicted molar refractivity (Wildman–Crippen MR) is 117 cm³/mol. The molecule has 7 heteroatoms. The van der Waals surface area contributed by atoms with Crippen molar-refractivity contribution in [2.24, 2.45) is 5.92 Å². The highest BCUT2D eigenvalue weighted by molar-refractivity contribution is 7.99. The van der Waals surface area contributed by atoms with E-state index < -0.39 is 10.0 Å². The monoisotopic (exact) mass is 424 g/mol. The van der Waals surface area contributed by atoms with Crippen LogP contribution in [-0.2, 0) is 20.6 Å². The van der Waals surface area contributed by atoms with Crippen molar-refractivity contribution in [3.8, 4) is 0 Å². The standard InChI is InChI=1S/C21H32N2O3S2/c1-2-28(25,26)23-13-11-18(12-14-23)21(24)22-19-8-6-7-17(15-19)16-27-20-9-4-3-5-10-20/h6-8,15,18,20H,2-5,9-14,16H2,1H3,(H,22,24). The lowest BCUT2D eigenvalue weighted by atomic mass is 9.97. The molecule has 1 aromatic carbocycles. The number of piperidine rings is 1. The predicted octanol–water partition coefficient (Wildman–Crippen LogP) is 4.25. The van der Waals surface area contributed by atoms with Crippen molar-refractivity contribution in [3.63, 3.8) is 0 Å². The first-order valence-electron chi connectivity index (χ1n) is 10.5. The van der Waals surface area contributed by atoms with Crippen molar-refractivity contribution in [1.29, 1.82) is 0 Å². The molecule has 1 N–H and O–H groups in total. The van der Waals surface area contributed by atoms with Crippen LogP contribution in [0.2, 0.25) is 0 Å². The maximum Gasteiger partial charge on any atom is 0.227 e. The van der Waals surface area contributed by atoms with Gasteiger partial charge < -0.3 is 5.32 Å². The van der Waals surface area contributed by atoms with E-state index >= 15 is 0 Å². The van der Waals surface area contributed by atoms with Gasteiger partial charge in [-0.3, -0.25) is 4.79 Å². The Morgan fingerprint density at radius 2 is 1.86 bits per heavy atom. The molecule has 1 aliphatic carbocycles. The molecule has 1 aliphatic heterocycles. The quantitative estimate of drug-likeness (QED) is 0.710. The van der Waals surface area contributed by atoms with E-state index in [4.69, 9.17) is 0 Å². The number of carbonyl (C=O) groups is 1. The van der Waals surface area contributed by atoms with Gasteiger partial charge in [0, 0.05) is 35.7 Å².